The second-order valence-corrected chi connectivity index (χ2v) is 11.2. The first-order valence-electron chi connectivity index (χ1n) is 12.6. The van der Waals surface area contributed by atoms with Gasteiger partial charge in [-0.2, -0.15) is 0 Å². The van der Waals surface area contributed by atoms with E-state index in [2.05, 4.69) is 0 Å². The Balaban J connectivity index is 1.84. The summed E-state index contributed by atoms with van der Waals surface area (Å²) in [6.45, 7) is 11.7. The van der Waals surface area contributed by atoms with E-state index in [4.69, 9.17) is 4.74 Å². The minimum atomic E-state index is -1.21. The topological polar surface area (TPSA) is 90.4 Å². The highest BCUT2D eigenvalue weighted by Gasteiger charge is 2.74. The van der Waals surface area contributed by atoms with Crippen molar-refractivity contribution in [2.75, 3.05) is 32.8 Å². The third-order valence-electron chi connectivity index (χ3n) is 7.75. The Hall–Kier alpha value is -2.19. The predicted octanol–water partition coefficient (Wildman–Crippen LogP) is 1.74. The van der Waals surface area contributed by atoms with Gasteiger partial charge in [-0.3, -0.25) is 14.4 Å². The summed E-state index contributed by atoms with van der Waals surface area (Å²) in [5.74, 6) is -1.91. The maximum absolute atomic E-state index is 14.1. The van der Waals surface area contributed by atoms with E-state index in [0.29, 0.717) is 39.0 Å². The highest BCUT2D eigenvalue weighted by Crippen LogP contribution is 2.57. The molecule has 2 saturated heterocycles. The van der Waals surface area contributed by atoms with Crippen molar-refractivity contribution in [1.29, 1.82) is 0 Å². The van der Waals surface area contributed by atoms with Crippen LogP contribution in [0.5, 0.6) is 0 Å². The van der Waals surface area contributed by atoms with Crippen molar-refractivity contribution in [1.82, 2.24) is 14.7 Å². The fraction of sp³-hybridized carbons (Fsp3) is 0.731. The molecular formula is C26H39N3O5. The van der Waals surface area contributed by atoms with Crippen molar-refractivity contribution in [3.63, 3.8) is 0 Å². The number of carbonyl (C=O) groups is 3. The highest BCUT2D eigenvalue weighted by molar-refractivity contribution is 6.00. The Morgan fingerprint density at radius 3 is 2.35 bits per heavy atom. The average Bonchev–Trinajstić information content (AvgIpc) is 3.01. The van der Waals surface area contributed by atoms with Gasteiger partial charge >= 0.3 is 0 Å². The highest BCUT2D eigenvalue weighted by atomic mass is 16.5. The summed E-state index contributed by atoms with van der Waals surface area (Å²) >= 11 is 0. The van der Waals surface area contributed by atoms with Crippen LogP contribution in [-0.4, -0.2) is 93.1 Å². The summed E-state index contributed by atoms with van der Waals surface area (Å²) in [5, 5.41) is 9.31. The van der Waals surface area contributed by atoms with Gasteiger partial charge in [0.05, 0.1) is 17.4 Å². The molecule has 2 fully saturated rings. The Labute approximate surface area is 202 Å². The van der Waals surface area contributed by atoms with Crippen LogP contribution in [-0.2, 0) is 19.1 Å². The molecule has 4 aliphatic heterocycles. The van der Waals surface area contributed by atoms with Gasteiger partial charge in [0.2, 0.25) is 17.7 Å². The van der Waals surface area contributed by atoms with Crippen LogP contribution in [0, 0.1) is 11.8 Å². The van der Waals surface area contributed by atoms with Gasteiger partial charge in [0, 0.05) is 38.3 Å². The predicted molar refractivity (Wildman–Crippen MR) is 128 cm³/mol. The molecule has 1 spiro atoms. The lowest BCUT2D eigenvalue weighted by atomic mass is 9.74. The molecular weight excluding hydrogens is 434 g/mol. The number of ether oxygens (including phenoxy) is 1. The molecule has 0 aromatic rings. The number of fused-ring (bicyclic) bond motifs is 2. The van der Waals surface area contributed by atoms with Crippen molar-refractivity contribution < 1.29 is 24.2 Å². The molecule has 1 N–H and O–H groups in total. The summed E-state index contributed by atoms with van der Waals surface area (Å²) in [6.07, 6.45) is 9.62. The van der Waals surface area contributed by atoms with E-state index in [-0.39, 0.29) is 24.3 Å². The van der Waals surface area contributed by atoms with Gasteiger partial charge in [-0.1, -0.05) is 31.2 Å². The molecule has 0 aromatic carbocycles. The Morgan fingerprint density at radius 2 is 1.71 bits per heavy atom. The van der Waals surface area contributed by atoms with Crippen molar-refractivity contribution in [3.05, 3.63) is 24.3 Å². The van der Waals surface area contributed by atoms with Crippen LogP contribution in [0.3, 0.4) is 0 Å². The van der Waals surface area contributed by atoms with E-state index in [1.807, 2.05) is 58.9 Å². The van der Waals surface area contributed by atoms with Crippen LogP contribution in [0.25, 0.3) is 0 Å². The molecule has 188 valence electrons. The van der Waals surface area contributed by atoms with Crippen molar-refractivity contribution in [3.8, 4) is 0 Å². The summed E-state index contributed by atoms with van der Waals surface area (Å²) in [4.78, 5) is 47.2. The average molecular weight is 474 g/mol. The fourth-order valence-corrected chi connectivity index (χ4v) is 6.28. The largest absolute Gasteiger partial charge is 0.396 e. The van der Waals surface area contributed by atoms with Gasteiger partial charge in [-0.05, 0) is 47.0 Å². The molecule has 0 saturated carbocycles. The van der Waals surface area contributed by atoms with Gasteiger partial charge in [-0.15, -0.1) is 0 Å². The number of unbranched alkanes of at least 4 members (excludes halogenated alkanes) is 1. The Kier molecular flexibility index (Phi) is 6.44. The third kappa shape index (κ3) is 3.70. The number of likely N-dealkylation sites (tertiary alicyclic amines) is 1. The summed E-state index contributed by atoms with van der Waals surface area (Å²) in [5.41, 5.74) is -2.62. The zero-order valence-corrected chi connectivity index (χ0v) is 21.1. The molecule has 0 bridgehead atoms. The molecule has 0 radical (unpaired) electrons. The zero-order valence-electron chi connectivity index (χ0n) is 21.1. The number of hydrogen-bond acceptors (Lipinski definition) is 5. The SMILES string of the molecule is CCCN1CC=C[C@]2(C)O[C@]34C=CCN(C(C)(C)C)C(=O)C3N(CCCCO)C(=O)[C@@H]4[C@@H]2C1=O. The maximum Gasteiger partial charge on any atom is 0.249 e. The second kappa shape index (κ2) is 8.79. The molecule has 4 aliphatic rings. The fourth-order valence-electron chi connectivity index (χ4n) is 6.28. The van der Waals surface area contributed by atoms with E-state index < -0.39 is 34.6 Å². The van der Waals surface area contributed by atoms with Crippen LogP contribution in [0.1, 0.15) is 53.9 Å². The number of amides is 3. The van der Waals surface area contributed by atoms with Crippen LogP contribution < -0.4 is 0 Å². The number of aliphatic hydroxyl groups is 1. The van der Waals surface area contributed by atoms with Gasteiger partial charge in [0.15, 0.2) is 0 Å². The lowest BCUT2D eigenvalue weighted by Crippen LogP contribution is -2.59. The van der Waals surface area contributed by atoms with E-state index in [0.717, 1.165) is 6.42 Å². The molecule has 1 unspecified atom stereocenters. The van der Waals surface area contributed by atoms with E-state index >= 15 is 0 Å². The zero-order chi connectivity index (χ0) is 24.9. The molecule has 34 heavy (non-hydrogen) atoms. The quantitative estimate of drug-likeness (QED) is 0.469. The monoisotopic (exact) mass is 473 g/mol. The van der Waals surface area contributed by atoms with Crippen LogP contribution in [0.2, 0.25) is 0 Å². The number of rotatable bonds is 6. The van der Waals surface area contributed by atoms with Gasteiger partial charge in [-0.25, -0.2) is 0 Å². The number of aliphatic hydroxyl groups excluding tert-OH is 1. The van der Waals surface area contributed by atoms with E-state index in [9.17, 15) is 19.5 Å². The number of hydrogen-bond donors (Lipinski definition) is 1. The summed E-state index contributed by atoms with van der Waals surface area (Å²) in [6, 6.07) is -0.841. The smallest absolute Gasteiger partial charge is 0.249 e. The minimum absolute atomic E-state index is 0.0235. The Morgan fingerprint density at radius 1 is 1.00 bits per heavy atom. The molecule has 0 aliphatic carbocycles. The second-order valence-electron chi connectivity index (χ2n) is 11.2. The van der Waals surface area contributed by atoms with Gasteiger partial charge in [0.25, 0.3) is 0 Å². The van der Waals surface area contributed by atoms with Crippen molar-refractivity contribution >= 4 is 17.7 Å². The molecule has 8 heteroatoms. The third-order valence-corrected chi connectivity index (χ3v) is 7.75. The molecule has 0 aromatic heterocycles. The lowest BCUT2D eigenvalue weighted by molar-refractivity contribution is -0.155. The summed E-state index contributed by atoms with van der Waals surface area (Å²) < 4.78 is 6.78. The first-order valence-corrected chi connectivity index (χ1v) is 12.6. The van der Waals surface area contributed by atoms with Crippen LogP contribution in [0.15, 0.2) is 24.3 Å². The lowest BCUT2D eigenvalue weighted by Gasteiger charge is -2.41. The standard InChI is InChI=1S/C26H39N3O5/c1-6-13-27-14-9-11-25(5)18(21(27)31)19-22(32)28(15-7-8-17-30)20-23(33)29(24(2,3)4)16-10-12-26(19,20)34-25/h9-12,18-20,30H,6-8,13-17H2,1-5H3/t18-,19+,20?,25+,26+/m1/s1. The van der Waals surface area contributed by atoms with Crippen molar-refractivity contribution in [2.45, 2.75) is 76.7 Å². The maximum atomic E-state index is 14.1. The normalized spacial score (nSPS) is 35.4. The van der Waals surface area contributed by atoms with Gasteiger partial charge in [0.1, 0.15) is 11.6 Å². The van der Waals surface area contributed by atoms with Crippen molar-refractivity contribution in [2.24, 2.45) is 11.8 Å². The first kappa shape index (κ1) is 24.9. The van der Waals surface area contributed by atoms with E-state index in [1.54, 1.807) is 14.7 Å². The van der Waals surface area contributed by atoms with Crippen LogP contribution in [0.4, 0.5) is 0 Å². The number of carbonyl (C=O) groups excluding carboxylic acids is 3. The van der Waals surface area contributed by atoms with E-state index in [1.165, 1.54) is 0 Å². The summed E-state index contributed by atoms with van der Waals surface area (Å²) in [7, 11) is 0. The first-order chi connectivity index (χ1) is 16.0. The van der Waals surface area contributed by atoms with Gasteiger partial charge < -0.3 is 24.5 Å². The molecule has 4 heterocycles. The minimum Gasteiger partial charge on any atom is -0.396 e. The molecule has 3 amide bonds. The molecule has 8 nitrogen and oxygen atoms in total. The molecule has 4 rings (SSSR count). The van der Waals surface area contributed by atoms with Crippen LogP contribution >= 0.6 is 0 Å². The molecule has 5 atom stereocenters. The number of nitrogens with zero attached hydrogens (tertiary/aromatic N) is 3. The Bertz CT molecular complexity index is 909.